The molecule has 1 spiro atoms. The van der Waals surface area contributed by atoms with Gasteiger partial charge in [-0.2, -0.15) is 0 Å². The van der Waals surface area contributed by atoms with E-state index in [-0.39, 0.29) is 21.2 Å². The summed E-state index contributed by atoms with van der Waals surface area (Å²) in [5, 5.41) is 0.261. The maximum absolute atomic E-state index is 11.5. The van der Waals surface area contributed by atoms with Crippen LogP contribution < -0.4 is 0 Å². The number of hydrogen-bond acceptors (Lipinski definition) is 3. The highest BCUT2D eigenvalue weighted by molar-refractivity contribution is 6.74. The Bertz CT molecular complexity index is 1230. The van der Waals surface area contributed by atoms with E-state index in [4.69, 9.17) is 8.85 Å². The summed E-state index contributed by atoms with van der Waals surface area (Å²) >= 11 is 0. The molecule has 4 aliphatic rings. The SMILES string of the molecule is CC[C@@]1(C)C[C@]23CCC/C(=C\C=C4/C[C@@H](CC(C)(C)[Si](C)(C)O)/C(=C/CCO[Si](C)(C)C(C)(C)C)[C@H](O[Si](C)(C)C(C)(C)C)C4)C2CCC13. The van der Waals surface area contributed by atoms with Crippen LogP contribution in [0.4, 0.5) is 0 Å². The van der Waals surface area contributed by atoms with Crippen LogP contribution in [0.3, 0.4) is 0 Å². The third-order valence-corrected chi connectivity index (χ3v) is 28.4. The Balaban J connectivity index is 1.69. The van der Waals surface area contributed by atoms with Crippen molar-refractivity contribution in [1.82, 2.24) is 0 Å². The Morgan fingerprint density at radius 1 is 0.878 bits per heavy atom. The molecule has 0 aromatic rings. The lowest BCUT2D eigenvalue weighted by atomic mass is 9.41. The number of hydrogen-bond donors (Lipinski definition) is 1. The Labute approximate surface area is 308 Å². The quantitative estimate of drug-likeness (QED) is 0.131. The Morgan fingerprint density at radius 3 is 2.08 bits per heavy atom. The zero-order valence-electron chi connectivity index (χ0n) is 35.3. The molecule has 2 unspecified atom stereocenters. The van der Waals surface area contributed by atoms with Crippen LogP contribution in [0.5, 0.6) is 0 Å². The van der Waals surface area contributed by atoms with Crippen molar-refractivity contribution in [3.8, 4) is 0 Å². The van der Waals surface area contributed by atoms with Crippen molar-refractivity contribution < 1.29 is 13.6 Å². The highest BCUT2D eigenvalue weighted by Crippen LogP contribution is 2.74. The first-order valence-corrected chi connectivity index (χ1v) is 29.1. The predicted octanol–water partition coefficient (Wildman–Crippen LogP) is 13.4. The van der Waals surface area contributed by atoms with Gasteiger partial charge in [0.05, 0.1) is 6.10 Å². The topological polar surface area (TPSA) is 38.7 Å². The summed E-state index contributed by atoms with van der Waals surface area (Å²) in [5.74, 6) is 2.12. The lowest BCUT2D eigenvalue weighted by molar-refractivity contribution is -0.126. The fourth-order valence-electron chi connectivity index (χ4n) is 9.79. The van der Waals surface area contributed by atoms with Gasteiger partial charge in [0.15, 0.2) is 25.0 Å². The van der Waals surface area contributed by atoms with Crippen molar-refractivity contribution in [1.29, 1.82) is 0 Å². The van der Waals surface area contributed by atoms with E-state index in [0.29, 0.717) is 16.7 Å². The van der Waals surface area contributed by atoms with E-state index in [9.17, 15) is 4.80 Å². The molecule has 6 atom stereocenters. The average molecular weight is 729 g/mol. The normalized spacial score (nSPS) is 34.3. The van der Waals surface area contributed by atoms with Crippen LogP contribution in [0.15, 0.2) is 34.9 Å². The maximum atomic E-state index is 11.5. The van der Waals surface area contributed by atoms with E-state index in [1.54, 1.807) is 11.1 Å². The minimum absolute atomic E-state index is 0.0956. The summed E-state index contributed by atoms with van der Waals surface area (Å²) in [6, 6.07) is 0. The zero-order valence-corrected chi connectivity index (χ0v) is 38.3. The van der Waals surface area contributed by atoms with Gasteiger partial charge < -0.3 is 13.6 Å². The van der Waals surface area contributed by atoms with E-state index < -0.39 is 25.0 Å². The van der Waals surface area contributed by atoms with Gasteiger partial charge in [-0.3, -0.25) is 0 Å². The summed E-state index contributed by atoms with van der Waals surface area (Å²) in [4.78, 5) is 11.5. The van der Waals surface area contributed by atoms with Crippen molar-refractivity contribution in [2.45, 2.75) is 200 Å². The van der Waals surface area contributed by atoms with Gasteiger partial charge >= 0.3 is 0 Å². The van der Waals surface area contributed by atoms with E-state index in [0.717, 1.165) is 44.1 Å². The van der Waals surface area contributed by atoms with Gasteiger partial charge in [0.1, 0.15) is 0 Å². The molecule has 0 amide bonds. The van der Waals surface area contributed by atoms with Gasteiger partial charge in [-0.05, 0) is 153 Å². The summed E-state index contributed by atoms with van der Waals surface area (Å²) < 4.78 is 14.1. The van der Waals surface area contributed by atoms with Crippen molar-refractivity contribution >= 4 is 25.0 Å². The predicted molar refractivity (Wildman–Crippen MR) is 221 cm³/mol. The van der Waals surface area contributed by atoms with Crippen LogP contribution in [0, 0.1) is 28.6 Å². The van der Waals surface area contributed by atoms with Crippen LogP contribution in [0.1, 0.15) is 140 Å². The lowest BCUT2D eigenvalue weighted by Gasteiger charge is -2.63. The maximum Gasteiger partial charge on any atom is 0.192 e. The van der Waals surface area contributed by atoms with Crippen LogP contribution in [-0.2, 0) is 8.85 Å². The largest absolute Gasteiger partial charge is 0.432 e. The minimum atomic E-state index is -2.40. The molecule has 0 aliphatic heterocycles. The highest BCUT2D eigenvalue weighted by Gasteiger charge is 2.66. The van der Waals surface area contributed by atoms with Gasteiger partial charge in [0.25, 0.3) is 0 Å². The van der Waals surface area contributed by atoms with Gasteiger partial charge in [0, 0.05) is 6.61 Å². The first-order valence-electron chi connectivity index (χ1n) is 20.3. The number of allylic oxidation sites excluding steroid dienone is 3. The lowest BCUT2D eigenvalue weighted by Crippen LogP contribution is -2.55. The second kappa shape index (κ2) is 14.2. The standard InChI is InChI=1S/C43H80O3Si3/c1-17-42(10)31-43-26-18-20-33(36(43)24-25-38(42)43)23-22-32-28-34(30-41(8,9)47(11,12)44)35(21-19-27-45-48(13,14)39(2,3)4)37(29-32)46-49(15,16)40(5,6)7/h21-23,34,36-38,44H,17-20,24-31H2,1-16H3/b32-22+,33-23+,35-21-/t34-,36?,37+,38?,42-,43+/m0/s1. The average Bonchev–Trinajstić information content (AvgIpc) is 3.26. The van der Waals surface area contributed by atoms with E-state index in [2.05, 4.69) is 127 Å². The summed E-state index contributed by atoms with van der Waals surface area (Å²) in [7, 11) is -6.25. The van der Waals surface area contributed by atoms with Gasteiger partial charge in [-0.15, -0.1) is 0 Å². The molecule has 6 heteroatoms. The molecule has 0 aromatic heterocycles. The van der Waals surface area contributed by atoms with Crippen LogP contribution in [-0.4, -0.2) is 42.5 Å². The van der Waals surface area contributed by atoms with Gasteiger partial charge in [0.2, 0.25) is 0 Å². The molecule has 0 aromatic carbocycles. The Hall–Kier alpha value is -0.249. The molecule has 4 rings (SSSR count). The molecular formula is C43H80O3Si3. The van der Waals surface area contributed by atoms with E-state index in [1.165, 1.54) is 50.5 Å². The van der Waals surface area contributed by atoms with Gasteiger partial charge in [-0.1, -0.05) is 105 Å². The fourth-order valence-corrected chi connectivity index (χ4v) is 12.9. The number of rotatable bonds is 11. The molecule has 4 aliphatic carbocycles. The van der Waals surface area contributed by atoms with E-state index in [1.807, 2.05) is 0 Å². The molecule has 3 nitrogen and oxygen atoms in total. The molecule has 0 radical (unpaired) electrons. The van der Waals surface area contributed by atoms with Crippen LogP contribution >= 0.6 is 0 Å². The third kappa shape index (κ3) is 8.45. The van der Waals surface area contributed by atoms with Gasteiger partial charge in [-0.25, -0.2) is 0 Å². The monoisotopic (exact) mass is 729 g/mol. The zero-order chi connectivity index (χ0) is 37.1. The Kier molecular flexibility index (Phi) is 12.0. The molecule has 4 fully saturated rings. The first-order chi connectivity index (χ1) is 22.2. The molecule has 1 N–H and O–H groups in total. The molecule has 282 valence electrons. The van der Waals surface area contributed by atoms with E-state index >= 15 is 0 Å². The van der Waals surface area contributed by atoms with Crippen molar-refractivity contribution in [3.63, 3.8) is 0 Å². The van der Waals surface area contributed by atoms with Crippen LogP contribution in [0.2, 0.25) is 54.4 Å². The summed E-state index contributed by atoms with van der Waals surface area (Å²) in [6.45, 7) is 38.4. The van der Waals surface area contributed by atoms with Crippen LogP contribution in [0.25, 0.3) is 0 Å². The molecule has 0 heterocycles. The molecule has 0 bridgehead atoms. The first kappa shape index (κ1) is 41.5. The van der Waals surface area contributed by atoms with Crippen molar-refractivity contribution in [3.05, 3.63) is 34.9 Å². The minimum Gasteiger partial charge on any atom is -0.432 e. The molecule has 49 heavy (non-hydrogen) atoms. The molecule has 0 saturated heterocycles. The summed E-state index contributed by atoms with van der Waals surface area (Å²) in [5.41, 5.74) is 5.98. The second-order valence-corrected chi connectivity index (χ2v) is 35.8. The highest BCUT2D eigenvalue weighted by atomic mass is 28.4. The third-order valence-electron chi connectivity index (χ3n) is 15.8. The molecule has 4 saturated carbocycles. The second-order valence-electron chi connectivity index (χ2n) is 21.7. The van der Waals surface area contributed by atoms with Crippen molar-refractivity contribution in [2.24, 2.45) is 28.6 Å². The van der Waals surface area contributed by atoms with Crippen molar-refractivity contribution in [2.75, 3.05) is 6.61 Å². The summed E-state index contributed by atoms with van der Waals surface area (Å²) in [6.07, 6.45) is 21.6. The molecular weight excluding hydrogens is 649 g/mol. The smallest absolute Gasteiger partial charge is 0.192 e. The fraction of sp³-hybridized carbons (Fsp3) is 0.860. The Morgan fingerprint density at radius 2 is 1.51 bits per heavy atom.